The molecule has 0 spiro atoms. The number of carbonyl (C=O) groups is 1. The number of carbonyl (C=O) groups excluding carboxylic acids is 1. The summed E-state index contributed by atoms with van der Waals surface area (Å²) < 4.78 is 0. The fourth-order valence-corrected chi connectivity index (χ4v) is 4.55. The molecule has 116 valence electrons. The highest BCUT2D eigenvalue weighted by atomic mass is 35.5. The molecule has 3 nitrogen and oxygen atoms in total. The molecule has 1 aromatic carbocycles. The Morgan fingerprint density at radius 1 is 1.23 bits per heavy atom. The van der Waals surface area contributed by atoms with E-state index >= 15 is 0 Å². The maximum Gasteiger partial charge on any atom is 0.248 e. The van der Waals surface area contributed by atoms with Crippen molar-refractivity contribution in [3.05, 3.63) is 40.9 Å². The van der Waals surface area contributed by atoms with E-state index in [4.69, 9.17) is 11.6 Å². The summed E-state index contributed by atoms with van der Waals surface area (Å²) in [4.78, 5) is 14.8. The topological polar surface area (TPSA) is 32.3 Å². The quantitative estimate of drug-likeness (QED) is 0.668. The average molecular weight is 317 g/mol. The second-order valence-electron chi connectivity index (χ2n) is 6.59. The molecule has 4 bridgehead atoms. The van der Waals surface area contributed by atoms with Gasteiger partial charge in [-0.15, -0.1) is 0 Å². The summed E-state index contributed by atoms with van der Waals surface area (Å²) >= 11 is 5.95. The molecule has 5 rings (SSSR count). The Morgan fingerprint density at radius 2 is 1.95 bits per heavy atom. The molecule has 1 saturated carbocycles. The fraction of sp³-hybridized carbons (Fsp3) is 0.471. The lowest BCUT2D eigenvalue weighted by Crippen LogP contribution is -2.54. The van der Waals surface area contributed by atoms with Crippen molar-refractivity contribution in [2.24, 2.45) is 17.8 Å². The minimum Gasteiger partial charge on any atom is -0.322 e. The Hall–Kier alpha value is -1.26. The van der Waals surface area contributed by atoms with Gasteiger partial charge in [-0.05, 0) is 48.8 Å². The van der Waals surface area contributed by atoms with Crippen LogP contribution in [0.2, 0.25) is 5.02 Å². The SMILES string of the molecule is B.O=C(C=C1C2CC3CC1CN(C3)C2)Nc1cccc(Cl)c1. The predicted molar refractivity (Wildman–Crippen MR) is 94.2 cm³/mol. The molecule has 2 unspecified atom stereocenters. The van der Waals surface area contributed by atoms with Crippen LogP contribution in [-0.2, 0) is 4.79 Å². The first kappa shape index (κ1) is 15.6. The first-order chi connectivity index (χ1) is 10.2. The van der Waals surface area contributed by atoms with Gasteiger partial charge in [0, 0.05) is 36.4 Å². The van der Waals surface area contributed by atoms with Gasteiger partial charge in [0.2, 0.25) is 5.91 Å². The monoisotopic (exact) mass is 316 g/mol. The molecule has 1 aromatic rings. The van der Waals surface area contributed by atoms with E-state index in [2.05, 4.69) is 10.2 Å². The zero-order valence-corrected chi connectivity index (χ0v) is 12.6. The first-order valence-corrected chi connectivity index (χ1v) is 8.05. The molecule has 22 heavy (non-hydrogen) atoms. The summed E-state index contributed by atoms with van der Waals surface area (Å²) in [6.07, 6.45) is 4.39. The highest BCUT2D eigenvalue weighted by molar-refractivity contribution is 6.30. The molecule has 1 aliphatic carbocycles. The van der Waals surface area contributed by atoms with Crippen LogP contribution < -0.4 is 5.32 Å². The van der Waals surface area contributed by atoms with Crippen LogP contribution in [0.15, 0.2) is 35.9 Å². The maximum atomic E-state index is 12.3. The van der Waals surface area contributed by atoms with E-state index in [9.17, 15) is 4.79 Å². The summed E-state index contributed by atoms with van der Waals surface area (Å²) in [6, 6.07) is 7.30. The lowest BCUT2D eigenvalue weighted by molar-refractivity contribution is -0.112. The van der Waals surface area contributed by atoms with Crippen LogP contribution in [0.5, 0.6) is 0 Å². The Morgan fingerprint density at radius 3 is 2.59 bits per heavy atom. The number of rotatable bonds is 2. The molecule has 4 aliphatic rings. The third-order valence-electron chi connectivity index (χ3n) is 5.04. The van der Waals surface area contributed by atoms with Crippen LogP contribution in [0.4, 0.5) is 5.69 Å². The molecular weight excluding hydrogens is 294 g/mol. The zero-order valence-electron chi connectivity index (χ0n) is 11.9. The summed E-state index contributed by atoms with van der Waals surface area (Å²) in [5.41, 5.74) is 2.14. The number of anilines is 1. The van der Waals surface area contributed by atoms with Gasteiger partial charge in [0.05, 0.1) is 8.41 Å². The second-order valence-corrected chi connectivity index (χ2v) is 7.03. The van der Waals surface area contributed by atoms with Crippen molar-refractivity contribution in [2.45, 2.75) is 12.8 Å². The van der Waals surface area contributed by atoms with Crippen molar-refractivity contribution >= 4 is 31.6 Å². The summed E-state index contributed by atoms with van der Waals surface area (Å²) in [6.45, 7) is 3.56. The van der Waals surface area contributed by atoms with Crippen LogP contribution in [-0.4, -0.2) is 38.9 Å². The Labute approximate surface area is 138 Å². The number of nitrogens with zero attached hydrogens (tertiary/aromatic N) is 1. The maximum absolute atomic E-state index is 12.3. The Bertz CT molecular complexity index is 586. The number of piperidine rings is 3. The molecule has 1 N–H and O–H groups in total. The van der Waals surface area contributed by atoms with Crippen molar-refractivity contribution in [1.82, 2.24) is 4.90 Å². The van der Waals surface area contributed by atoms with Crippen LogP contribution >= 0.6 is 11.6 Å². The van der Waals surface area contributed by atoms with Crippen molar-refractivity contribution in [3.8, 4) is 0 Å². The van der Waals surface area contributed by atoms with Gasteiger partial charge in [-0.2, -0.15) is 0 Å². The van der Waals surface area contributed by atoms with Crippen molar-refractivity contribution in [2.75, 3.05) is 25.0 Å². The van der Waals surface area contributed by atoms with Crippen molar-refractivity contribution < 1.29 is 4.79 Å². The Balaban J connectivity index is 0.00000144. The van der Waals surface area contributed by atoms with Crippen molar-refractivity contribution in [3.63, 3.8) is 0 Å². The average Bonchev–Trinajstić information content (AvgIpc) is 2.42. The number of hydrogen-bond donors (Lipinski definition) is 1. The van der Waals surface area contributed by atoms with E-state index in [0.717, 1.165) is 24.7 Å². The van der Waals surface area contributed by atoms with E-state index in [1.54, 1.807) is 6.07 Å². The van der Waals surface area contributed by atoms with Gasteiger partial charge in [0.1, 0.15) is 0 Å². The highest BCUT2D eigenvalue weighted by Crippen LogP contribution is 2.46. The summed E-state index contributed by atoms with van der Waals surface area (Å²) in [5.74, 6) is 2.04. The van der Waals surface area contributed by atoms with Crippen molar-refractivity contribution in [1.29, 1.82) is 0 Å². The lowest BCUT2D eigenvalue weighted by atomic mass is 9.65. The molecule has 0 aromatic heterocycles. The number of hydrogen-bond acceptors (Lipinski definition) is 2. The minimum atomic E-state index is -0.0188. The highest BCUT2D eigenvalue weighted by Gasteiger charge is 2.44. The lowest BCUT2D eigenvalue weighted by Gasteiger charge is -2.53. The predicted octanol–water partition coefficient (Wildman–Crippen LogP) is 1.99. The molecule has 5 heteroatoms. The van der Waals surface area contributed by atoms with Gasteiger partial charge in [-0.1, -0.05) is 23.2 Å². The van der Waals surface area contributed by atoms with Gasteiger partial charge in [-0.3, -0.25) is 4.79 Å². The number of nitrogens with one attached hydrogen (secondary N) is 1. The molecule has 0 radical (unpaired) electrons. The van der Waals surface area contributed by atoms with Gasteiger partial charge in [0.25, 0.3) is 0 Å². The number of benzene rings is 1. The normalized spacial score (nSPS) is 31.6. The molecule has 2 atom stereocenters. The largest absolute Gasteiger partial charge is 0.322 e. The molecular formula is C17H22BClN2O. The molecule has 3 aliphatic heterocycles. The third-order valence-corrected chi connectivity index (χ3v) is 5.28. The number of halogens is 1. The van der Waals surface area contributed by atoms with Crippen LogP contribution in [0.1, 0.15) is 12.8 Å². The van der Waals surface area contributed by atoms with E-state index in [0.29, 0.717) is 16.9 Å². The molecule has 1 amide bonds. The smallest absolute Gasteiger partial charge is 0.248 e. The van der Waals surface area contributed by atoms with Crippen LogP contribution in [0.3, 0.4) is 0 Å². The van der Waals surface area contributed by atoms with Crippen LogP contribution in [0.25, 0.3) is 0 Å². The second kappa shape index (κ2) is 6.09. The van der Waals surface area contributed by atoms with Gasteiger partial charge < -0.3 is 10.2 Å². The number of amides is 1. The summed E-state index contributed by atoms with van der Waals surface area (Å²) in [7, 11) is 0. The third kappa shape index (κ3) is 2.95. The van der Waals surface area contributed by atoms with E-state index in [1.165, 1.54) is 25.0 Å². The van der Waals surface area contributed by atoms with Crippen LogP contribution in [0, 0.1) is 17.8 Å². The summed E-state index contributed by atoms with van der Waals surface area (Å²) in [5, 5.41) is 3.57. The Kier molecular flexibility index (Phi) is 4.33. The molecule has 3 saturated heterocycles. The van der Waals surface area contributed by atoms with E-state index in [-0.39, 0.29) is 14.3 Å². The molecule has 4 fully saturated rings. The zero-order chi connectivity index (χ0) is 14.4. The fourth-order valence-electron chi connectivity index (χ4n) is 4.36. The first-order valence-electron chi connectivity index (χ1n) is 7.68. The standard InChI is InChI=1S/C17H19ClN2O.BH3/c18-14-2-1-3-15(6-14)19-17(21)7-16-12-4-11-5-13(16)10-20(8-11)9-12;/h1-3,6-7,11-13H,4-5,8-10H2,(H,19,21);1H3. The van der Waals surface area contributed by atoms with Gasteiger partial charge in [0.15, 0.2) is 0 Å². The van der Waals surface area contributed by atoms with E-state index < -0.39 is 0 Å². The van der Waals surface area contributed by atoms with E-state index in [1.807, 2.05) is 24.3 Å². The molecule has 3 heterocycles. The van der Waals surface area contributed by atoms with Gasteiger partial charge in [-0.25, -0.2) is 0 Å². The van der Waals surface area contributed by atoms with Gasteiger partial charge >= 0.3 is 0 Å². The minimum absolute atomic E-state index is 0.